The summed E-state index contributed by atoms with van der Waals surface area (Å²) in [5.74, 6) is -0.367. The van der Waals surface area contributed by atoms with Gasteiger partial charge >= 0.3 is 5.97 Å². The van der Waals surface area contributed by atoms with Crippen molar-refractivity contribution < 1.29 is 19.1 Å². The summed E-state index contributed by atoms with van der Waals surface area (Å²) in [6.45, 7) is 0. The first-order valence-electron chi connectivity index (χ1n) is 8.43. The number of thiophene rings is 1. The molecule has 0 bridgehead atoms. The Morgan fingerprint density at radius 2 is 1.92 bits per heavy atom. The van der Waals surface area contributed by atoms with Crippen LogP contribution >= 0.6 is 22.9 Å². The zero-order valence-electron chi connectivity index (χ0n) is 14.7. The van der Waals surface area contributed by atoms with E-state index in [2.05, 4.69) is 5.32 Å². The van der Waals surface area contributed by atoms with Crippen LogP contribution in [0.2, 0.25) is 5.02 Å². The Bertz CT molecular complexity index is 846. The lowest BCUT2D eigenvalue weighted by Gasteiger charge is -2.10. The average Bonchev–Trinajstić information content (AvgIpc) is 2.81. The van der Waals surface area contributed by atoms with Gasteiger partial charge < -0.3 is 14.8 Å². The van der Waals surface area contributed by atoms with Gasteiger partial charge in [-0.05, 0) is 49.4 Å². The number of fused-ring (bicyclic) bond motifs is 1. The number of anilines is 1. The topological polar surface area (TPSA) is 64.6 Å². The fraction of sp³-hybridized carbons (Fsp3) is 0.368. The number of esters is 1. The number of carbonyl (C=O) groups is 2. The van der Waals surface area contributed by atoms with E-state index in [0.717, 1.165) is 42.5 Å². The van der Waals surface area contributed by atoms with Crippen LogP contribution in [0.25, 0.3) is 0 Å². The van der Waals surface area contributed by atoms with Crippen LogP contribution in [0.3, 0.4) is 0 Å². The molecule has 1 aliphatic rings. The standard InChI is InChI=1S/C19H20ClNO4S/c1-24-14-9-8-11(20)10-13(14)17(22)21-18-16(19(23)25-2)12-6-4-3-5-7-15(12)26-18/h8-10H,3-7H2,1-2H3,(H,21,22). The van der Waals surface area contributed by atoms with E-state index in [9.17, 15) is 9.59 Å². The summed E-state index contributed by atoms with van der Waals surface area (Å²) < 4.78 is 10.2. The molecule has 0 fully saturated rings. The number of ether oxygens (including phenoxy) is 2. The maximum absolute atomic E-state index is 12.8. The van der Waals surface area contributed by atoms with E-state index in [0.29, 0.717) is 26.9 Å². The summed E-state index contributed by atoms with van der Waals surface area (Å²) in [6.07, 6.45) is 5.00. The van der Waals surface area contributed by atoms with E-state index in [4.69, 9.17) is 21.1 Å². The first-order valence-corrected chi connectivity index (χ1v) is 9.62. The number of nitrogens with one attached hydrogen (secondary N) is 1. The number of aryl methyl sites for hydroxylation is 1. The van der Waals surface area contributed by atoms with Crippen molar-refractivity contribution in [3.63, 3.8) is 0 Å². The first-order chi connectivity index (χ1) is 12.5. The van der Waals surface area contributed by atoms with Crippen LogP contribution in [0, 0.1) is 0 Å². The van der Waals surface area contributed by atoms with Crippen molar-refractivity contribution in [2.75, 3.05) is 19.5 Å². The third-order valence-electron chi connectivity index (χ3n) is 4.44. The molecular formula is C19H20ClNO4S. The molecule has 0 atom stereocenters. The molecule has 0 saturated carbocycles. The van der Waals surface area contributed by atoms with Crippen molar-refractivity contribution in [1.82, 2.24) is 0 Å². The molecule has 0 spiro atoms. The van der Waals surface area contributed by atoms with Gasteiger partial charge in [0.05, 0.1) is 25.3 Å². The second kappa shape index (κ2) is 8.10. The fourth-order valence-electron chi connectivity index (χ4n) is 3.18. The van der Waals surface area contributed by atoms with Gasteiger partial charge in [-0.25, -0.2) is 4.79 Å². The molecule has 138 valence electrons. The number of methoxy groups -OCH3 is 2. The third-order valence-corrected chi connectivity index (χ3v) is 5.89. The number of halogens is 1. The highest BCUT2D eigenvalue weighted by atomic mass is 35.5. The summed E-state index contributed by atoms with van der Waals surface area (Å²) in [5, 5.41) is 3.82. The number of benzene rings is 1. The maximum Gasteiger partial charge on any atom is 0.341 e. The summed E-state index contributed by atoms with van der Waals surface area (Å²) in [6, 6.07) is 4.85. The van der Waals surface area contributed by atoms with Crippen molar-refractivity contribution in [1.29, 1.82) is 0 Å². The van der Waals surface area contributed by atoms with Gasteiger partial charge in [0.1, 0.15) is 10.8 Å². The lowest BCUT2D eigenvalue weighted by molar-refractivity contribution is 0.0601. The molecule has 1 N–H and O–H groups in total. The van der Waals surface area contributed by atoms with Gasteiger partial charge in [0.25, 0.3) is 5.91 Å². The second-order valence-electron chi connectivity index (χ2n) is 6.06. The Morgan fingerprint density at radius 1 is 1.15 bits per heavy atom. The van der Waals surface area contributed by atoms with Crippen LogP contribution in [0.1, 0.15) is 50.4 Å². The molecule has 0 radical (unpaired) electrons. The minimum atomic E-state index is -0.419. The van der Waals surface area contributed by atoms with E-state index < -0.39 is 5.97 Å². The van der Waals surface area contributed by atoms with Crippen LogP contribution in [-0.2, 0) is 17.6 Å². The Kier molecular flexibility index (Phi) is 5.84. The minimum Gasteiger partial charge on any atom is -0.496 e. The van der Waals surface area contributed by atoms with Crippen LogP contribution in [-0.4, -0.2) is 26.1 Å². The lowest BCUT2D eigenvalue weighted by atomic mass is 10.1. The maximum atomic E-state index is 12.8. The summed E-state index contributed by atoms with van der Waals surface area (Å²) in [7, 11) is 2.85. The molecular weight excluding hydrogens is 374 g/mol. The van der Waals surface area contributed by atoms with Crippen molar-refractivity contribution >= 4 is 39.8 Å². The Balaban J connectivity index is 1.98. The van der Waals surface area contributed by atoms with Gasteiger partial charge in [-0.3, -0.25) is 4.79 Å². The molecule has 1 aliphatic carbocycles. The van der Waals surface area contributed by atoms with E-state index in [1.165, 1.54) is 25.6 Å². The Morgan fingerprint density at radius 3 is 2.65 bits per heavy atom. The summed E-state index contributed by atoms with van der Waals surface area (Å²) >= 11 is 7.47. The lowest BCUT2D eigenvalue weighted by Crippen LogP contribution is -2.15. The van der Waals surface area contributed by atoms with Crippen molar-refractivity contribution in [2.24, 2.45) is 0 Å². The molecule has 26 heavy (non-hydrogen) atoms. The van der Waals surface area contributed by atoms with Gasteiger partial charge in [0.15, 0.2) is 0 Å². The zero-order chi connectivity index (χ0) is 18.7. The van der Waals surface area contributed by atoms with Crippen LogP contribution in [0.4, 0.5) is 5.00 Å². The molecule has 5 nitrogen and oxygen atoms in total. The fourth-order valence-corrected chi connectivity index (χ4v) is 4.62. The Hall–Kier alpha value is -2.05. The largest absolute Gasteiger partial charge is 0.496 e. The van der Waals surface area contributed by atoms with E-state index in [1.807, 2.05) is 0 Å². The number of rotatable bonds is 4. The van der Waals surface area contributed by atoms with Gasteiger partial charge in [0, 0.05) is 9.90 Å². The molecule has 0 unspecified atom stereocenters. The molecule has 1 aromatic heterocycles. The van der Waals surface area contributed by atoms with Gasteiger partial charge in [-0.2, -0.15) is 0 Å². The van der Waals surface area contributed by atoms with Crippen LogP contribution < -0.4 is 10.1 Å². The monoisotopic (exact) mass is 393 g/mol. The van der Waals surface area contributed by atoms with Gasteiger partial charge in [-0.1, -0.05) is 18.0 Å². The Labute approximate surface area is 161 Å². The van der Waals surface area contributed by atoms with E-state index in [-0.39, 0.29) is 5.91 Å². The minimum absolute atomic E-state index is 0.319. The van der Waals surface area contributed by atoms with Crippen molar-refractivity contribution in [2.45, 2.75) is 32.1 Å². The van der Waals surface area contributed by atoms with E-state index >= 15 is 0 Å². The smallest absolute Gasteiger partial charge is 0.341 e. The number of carbonyl (C=O) groups excluding carboxylic acids is 2. The molecule has 2 aromatic rings. The zero-order valence-corrected chi connectivity index (χ0v) is 16.3. The molecule has 0 aliphatic heterocycles. The highest BCUT2D eigenvalue weighted by molar-refractivity contribution is 7.17. The summed E-state index contributed by atoms with van der Waals surface area (Å²) in [5.41, 5.74) is 1.80. The molecule has 0 saturated heterocycles. The number of amides is 1. The van der Waals surface area contributed by atoms with E-state index in [1.54, 1.807) is 18.2 Å². The average molecular weight is 394 g/mol. The quantitative estimate of drug-likeness (QED) is 0.603. The van der Waals surface area contributed by atoms with Crippen LogP contribution in [0.5, 0.6) is 5.75 Å². The van der Waals surface area contributed by atoms with Crippen LogP contribution in [0.15, 0.2) is 18.2 Å². The molecule has 1 amide bonds. The van der Waals surface area contributed by atoms with Crippen molar-refractivity contribution in [3.05, 3.63) is 44.8 Å². The number of hydrogen-bond donors (Lipinski definition) is 1. The molecule has 1 heterocycles. The number of hydrogen-bond acceptors (Lipinski definition) is 5. The molecule has 1 aromatic carbocycles. The highest BCUT2D eigenvalue weighted by Crippen LogP contribution is 2.38. The summed E-state index contributed by atoms with van der Waals surface area (Å²) in [4.78, 5) is 26.3. The van der Waals surface area contributed by atoms with Gasteiger partial charge in [-0.15, -0.1) is 11.3 Å². The molecule has 3 rings (SSSR count). The second-order valence-corrected chi connectivity index (χ2v) is 7.60. The highest BCUT2D eigenvalue weighted by Gasteiger charge is 2.27. The predicted molar refractivity (Wildman–Crippen MR) is 103 cm³/mol. The SMILES string of the molecule is COC(=O)c1c(NC(=O)c2cc(Cl)ccc2OC)sc2c1CCCCC2. The molecule has 7 heteroatoms. The first kappa shape index (κ1) is 18.7. The third kappa shape index (κ3) is 3.71. The van der Waals surface area contributed by atoms with Crippen molar-refractivity contribution in [3.8, 4) is 5.75 Å². The predicted octanol–water partition coefficient (Wildman–Crippen LogP) is 4.72. The normalized spacial score (nSPS) is 13.5. The van der Waals surface area contributed by atoms with Gasteiger partial charge in [0.2, 0.25) is 0 Å².